The minimum absolute atomic E-state index is 0.206. The average molecular weight is 537 g/mol. The fraction of sp³-hybridized carbons (Fsp3) is 0.464. The first-order chi connectivity index (χ1) is 18.5. The third-order valence-electron chi connectivity index (χ3n) is 7.06. The number of piperidine rings is 1. The van der Waals surface area contributed by atoms with Crippen LogP contribution in [0.4, 0.5) is 15.0 Å². The molecule has 3 aromatic heterocycles. The zero-order valence-electron chi connectivity index (χ0n) is 22.8. The predicted molar refractivity (Wildman–Crippen MR) is 143 cm³/mol. The Morgan fingerprint density at radius 1 is 1.31 bits per heavy atom. The van der Waals surface area contributed by atoms with Crippen molar-refractivity contribution in [1.82, 2.24) is 24.9 Å². The molecule has 1 N–H and O–H groups in total. The van der Waals surface area contributed by atoms with Crippen molar-refractivity contribution in [1.29, 1.82) is 0 Å². The van der Waals surface area contributed by atoms with Crippen LogP contribution in [0.2, 0.25) is 0 Å². The SMILES string of the molecule is C=C(c1ncc(F)cc1C1C2CC2CN1c1ccn2ncc(C(=O)OCC)c2n1)[C@@H](C)NC(=O)OC(C)(C)C. The molecule has 0 spiro atoms. The molecule has 1 aliphatic heterocycles. The van der Waals surface area contributed by atoms with Gasteiger partial charge in [-0.3, -0.25) is 4.98 Å². The molecule has 0 aromatic carbocycles. The normalized spacial score (nSPS) is 20.9. The van der Waals surface area contributed by atoms with E-state index in [0.717, 1.165) is 19.2 Å². The minimum Gasteiger partial charge on any atom is -0.462 e. The molecule has 0 radical (unpaired) electrons. The highest BCUT2D eigenvalue weighted by atomic mass is 19.1. The van der Waals surface area contributed by atoms with Crippen LogP contribution in [0.15, 0.2) is 37.3 Å². The van der Waals surface area contributed by atoms with Gasteiger partial charge in [0.05, 0.1) is 36.8 Å². The Morgan fingerprint density at radius 3 is 2.79 bits per heavy atom. The van der Waals surface area contributed by atoms with Crippen LogP contribution >= 0.6 is 0 Å². The Labute approximate surface area is 226 Å². The van der Waals surface area contributed by atoms with Gasteiger partial charge in [-0.25, -0.2) is 23.5 Å². The number of halogens is 1. The van der Waals surface area contributed by atoms with Crippen molar-refractivity contribution in [2.24, 2.45) is 11.8 Å². The molecule has 3 aromatic rings. The number of anilines is 1. The Hall–Kier alpha value is -4.02. The summed E-state index contributed by atoms with van der Waals surface area (Å²) in [6, 6.07) is 2.62. The number of amides is 1. The lowest BCUT2D eigenvalue weighted by molar-refractivity contribution is 0.0512. The van der Waals surface area contributed by atoms with Crippen LogP contribution < -0.4 is 10.2 Å². The summed E-state index contributed by atoms with van der Waals surface area (Å²) in [6.07, 6.45) is 4.80. The highest BCUT2D eigenvalue weighted by Gasteiger charge is 2.54. The van der Waals surface area contributed by atoms with Crippen molar-refractivity contribution in [3.05, 3.63) is 59.9 Å². The quantitative estimate of drug-likeness (QED) is 0.438. The summed E-state index contributed by atoms with van der Waals surface area (Å²) < 4.78 is 26.7. The Balaban J connectivity index is 1.47. The number of alkyl carbamates (subject to hydrolysis) is 1. The number of nitrogens with one attached hydrogen (secondary N) is 1. The van der Waals surface area contributed by atoms with Crippen molar-refractivity contribution < 1.29 is 23.5 Å². The van der Waals surface area contributed by atoms with Gasteiger partial charge >= 0.3 is 12.1 Å². The molecule has 1 saturated heterocycles. The van der Waals surface area contributed by atoms with E-state index in [-0.39, 0.29) is 18.2 Å². The largest absolute Gasteiger partial charge is 0.462 e. The molecule has 1 amide bonds. The molecule has 39 heavy (non-hydrogen) atoms. The number of nitrogens with zero attached hydrogens (tertiary/aromatic N) is 5. The fourth-order valence-electron chi connectivity index (χ4n) is 5.20. The summed E-state index contributed by atoms with van der Waals surface area (Å²) in [6.45, 7) is 14.1. The second-order valence-electron chi connectivity index (χ2n) is 11.1. The van der Waals surface area contributed by atoms with Gasteiger partial charge in [-0.1, -0.05) is 6.58 Å². The summed E-state index contributed by atoms with van der Waals surface area (Å²) in [4.78, 5) is 36.1. The van der Waals surface area contributed by atoms with Crippen LogP contribution in [0.3, 0.4) is 0 Å². The molecule has 4 heterocycles. The van der Waals surface area contributed by atoms with E-state index in [1.807, 2.05) is 6.07 Å². The van der Waals surface area contributed by atoms with Crippen molar-refractivity contribution >= 4 is 29.1 Å². The fourth-order valence-corrected chi connectivity index (χ4v) is 5.20. The highest BCUT2D eigenvalue weighted by Crippen LogP contribution is 2.58. The van der Waals surface area contributed by atoms with Crippen molar-refractivity contribution in [3.63, 3.8) is 0 Å². The third kappa shape index (κ3) is 5.30. The van der Waals surface area contributed by atoms with E-state index in [4.69, 9.17) is 14.5 Å². The van der Waals surface area contributed by atoms with Gasteiger partial charge in [0.25, 0.3) is 0 Å². The van der Waals surface area contributed by atoms with E-state index in [1.165, 1.54) is 16.8 Å². The molecule has 0 bridgehead atoms. The van der Waals surface area contributed by atoms with Crippen LogP contribution in [0.25, 0.3) is 11.2 Å². The molecule has 2 aliphatic rings. The lowest BCUT2D eigenvalue weighted by Gasteiger charge is -2.31. The zero-order chi connectivity index (χ0) is 28.1. The van der Waals surface area contributed by atoms with Gasteiger partial charge < -0.3 is 19.7 Å². The van der Waals surface area contributed by atoms with Crippen molar-refractivity contribution in [3.8, 4) is 0 Å². The second kappa shape index (κ2) is 9.94. The van der Waals surface area contributed by atoms with E-state index in [0.29, 0.717) is 40.1 Å². The van der Waals surface area contributed by atoms with Gasteiger partial charge in [0.15, 0.2) is 5.65 Å². The summed E-state index contributed by atoms with van der Waals surface area (Å²) in [7, 11) is 0. The number of hydrogen-bond donors (Lipinski definition) is 1. The summed E-state index contributed by atoms with van der Waals surface area (Å²) >= 11 is 0. The molecule has 1 aliphatic carbocycles. The number of esters is 1. The maximum atomic E-state index is 14.6. The van der Waals surface area contributed by atoms with Crippen LogP contribution in [0, 0.1) is 17.7 Å². The van der Waals surface area contributed by atoms with Gasteiger partial charge in [-0.05, 0) is 70.6 Å². The zero-order valence-corrected chi connectivity index (χ0v) is 22.8. The maximum absolute atomic E-state index is 14.6. The number of fused-ring (bicyclic) bond motifs is 2. The highest BCUT2D eigenvalue weighted by molar-refractivity contribution is 5.95. The number of aromatic nitrogens is 4. The number of ether oxygens (including phenoxy) is 2. The van der Waals surface area contributed by atoms with E-state index in [2.05, 4.69) is 26.9 Å². The van der Waals surface area contributed by atoms with Gasteiger partial charge in [-0.2, -0.15) is 5.10 Å². The average Bonchev–Trinajstić information content (AvgIpc) is 3.32. The number of hydrogen-bond acceptors (Lipinski definition) is 8. The van der Waals surface area contributed by atoms with E-state index in [1.54, 1.807) is 40.8 Å². The number of pyridine rings is 1. The lowest BCUT2D eigenvalue weighted by Crippen LogP contribution is -2.38. The van der Waals surface area contributed by atoms with Gasteiger partial charge in [0.1, 0.15) is 22.8 Å². The first-order valence-electron chi connectivity index (χ1n) is 13.1. The molecular weight excluding hydrogens is 503 g/mol. The third-order valence-corrected chi connectivity index (χ3v) is 7.06. The molecule has 4 atom stereocenters. The van der Waals surface area contributed by atoms with Crippen LogP contribution in [-0.2, 0) is 9.47 Å². The Morgan fingerprint density at radius 2 is 2.08 bits per heavy atom. The van der Waals surface area contributed by atoms with E-state index in [9.17, 15) is 14.0 Å². The molecular formula is C28H33FN6O4. The molecule has 2 fully saturated rings. The topological polar surface area (TPSA) is 111 Å². The number of carbonyl (C=O) groups is 2. The molecule has 1 saturated carbocycles. The smallest absolute Gasteiger partial charge is 0.408 e. The first kappa shape index (κ1) is 26.6. The Kier molecular flexibility index (Phi) is 6.77. The molecule has 206 valence electrons. The van der Waals surface area contributed by atoms with Crippen molar-refractivity contribution in [2.45, 2.75) is 58.7 Å². The number of carbonyl (C=O) groups excluding carboxylic acids is 2. The molecule has 5 rings (SSSR count). The van der Waals surface area contributed by atoms with Gasteiger partial charge in [0.2, 0.25) is 0 Å². The minimum atomic E-state index is -0.646. The van der Waals surface area contributed by atoms with Crippen LogP contribution in [-0.4, -0.2) is 56.4 Å². The maximum Gasteiger partial charge on any atom is 0.408 e. The number of rotatable bonds is 7. The lowest BCUT2D eigenvalue weighted by atomic mass is 9.94. The van der Waals surface area contributed by atoms with Gasteiger partial charge in [0, 0.05) is 18.3 Å². The monoisotopic (exact) mass is 536 g/mol. The molecule has 11 heteroatoms. The molecule has 3 unspecified atom stereocenters. The second-order valence-corrected chi connectivity index (χ2v) is 11.1. The summed E-state index contributed by atoms with van der Waals surface area (Å²) in [5, 5.41) is 7.03. The Bertz CT molecular complexity index is 1450. The van der Waals surface area contributed by atoms with Crippen LogP contribution in [0.1, 0.15) is 68.7 Å². The van der Waals surface area contributed by atoms with E-state index >= 15 is 0 Å². The van der Waals surface area contributed by atoms with E-state index < -0.39 is 29.5 Å². The van der Waals surface area contributed by atoms with Crippen molar-refractivity contribution in [2.75, 3.05) is 18.1 Å². The first-order valence-corrected chi connectivity index (χ1v) is 13.1. The summed E-state index contributed by atoms with van der Waals surface area (Å²) in [5.41, 5.74) is 1.78. The summed E-state index contributed by atoms with van der Waals surface area (Å²) in [5.74, 6) is 0.428. The molecule has 10 nitrogen and oxygen atoms in total. The predicted octanol–water partition coefficient (Wildman–Crippen LogP) is 4.56. The van der Waals surface area contributed by atoms with Gasteiger partial charge in [-0.15, -0.1) is 0 Å². The standard InChI is InChI=1S/C28H33FN6O4/c1-7-38-26(36)21-13-31-35-9-8-22(33-25(21)35)34-14-17-10-19(17)24(34)20-11-18(29)12-30-23(20)15(2)16(3)32-27(37)39-28(4,5)6/h8-9,11-13,16-17,19,24H,2,7,10,14H2,1,3-6H3,(H,32,37)/t16-,17?,19?,24?/m1/s1. The van der Waals surface area contributed by atoms with Crippen LogP contribution in [0.5, 0.6) is 0 Å².